The average Bonchev–Trinajstić information content (AvgIpc) is 3.48. The summed E-state index contributed by atoms with van der Waals surface area (Å²) in [5, 5.41) is 6.54. The molecule has 1 aliphatic heterocycles. The van der Waals surface area contributed by atoms with Gasteiger partial charge in [0.25, 0.3) is 0 Å². The molecule has 218 valence electrons. The number of anilines is 3. The van der Waals surface area contributed by atoms with Gasteiger partial charge < -0.3 is 0 Å². The van der Waals surface area contributed by atoms with Crippen LogP contribution in [-0.2, 0) is 0 Å². The molecule has 2 nitrogen and oxygen atoms in total. The van der Waals surface area contributed by atoms with E-state index in [2.05, 4.69) is 200 Å². The summed E-state index contributed by atoms with van der Waals surface area (Å²) in [5.74, 6) is 0. The average molecular weight is 672 g/mol. The third kappa shape index (κ3) is 4.14. The first kappa shape index (κ1) is 27.4. The third-order valence-electron chi connectivity index (χ3n) is 9.17. The first-order chi connectivity index (χ1) is 22.7. The molecule has 0 radical (unpaired) electrons. The van der Waals surface area contributed by atoms with Crippen LogP contribution in [0, 0.1) is 0 Å². The molecular weight excluding hydrogens is 642 g/mol. The number of para-hydroxylation sites is 3. The van der Waals surface area contributed by atoms with E-state index in [0.29, 0.717) is 0 Å². The van der Waals surface area contributed by atoms with Gasteiger partial charge in [0.1, 0.15) is 0 Å². The maximum absolute atomic E-state index is 3.73. The standard InChI is InChI=1S/C42H29N2PSe/c46-45(33-17-6-2-7-18-33,34-19-8-3-9-20-34)35-21-12-14-30(28-35)31-26-27-39-41(29-31)43(32-15-4-1-5-16-32)40-25-13-23-37-36-22-10-11-24-38(36)44(39)42(37)40/h1-29H. The Morgan fingerprint density at radius 1 is 0.413 bits per heavy atom. The van der Waals surface area contributed by atoms with E-state index in [4.69, 9.17) is 0 Å². The van der Waals surface area contributed by atoms with Crippen molar-refractivity contribution in [1.82, 2.24) is 4.57 Å². The van der Waals surface area contributed by atoms with E-state index < -0.39 is 5.51 Å². The summed E-state index contributed by atoms with van der Waals surface area (Å²) >= 11 is 3.73. The van der Waals surface area contributed by atoms with E-state index in [0.717, 1.165) is 5.69 Å². The predicted octanol–water partition coefficient (Wildman–Crippen LogP) is 9.61. The van der Waals surface area contributed by atoms with Gasteiger partial charge in [0.05, 0.1) is 0 Å². The Labute approximate surface area is 276 Å². The second-order valence-electron chi connectivity index (χ2n) is 11.7. The van der Waals surface area contributed by atoms with E-state index >= 15 is 0 Å². The zero-order chi connectivity index (χ0) is 30.7. The molecule has 7 aromatic carbocycles. The maximum atomic E-state index is 3.73. The zero-order valence-electron chi connectivity index (χ0n) is 25.0. The monoisotopic (exact) mass is 672 g/mol. The van der Waals surface area contributed by atoms with Gasteiger partial charge in [-0.05, 0) is 0 Å². The van der Waals surface area contributed by atoms with Crippen LogP contribution in [-0.4, -0.2) is 19.7 Å². The third-order valence-corrected chi connectivity index (χ3v) is 16.2. The number of hydrogen-bond donors (Lipinski definition) is 0. The Bertz CT molecular complexity index is 2410. The van der Waals surface area contributed by atoms with Crippen molar-refractivity contribution in [2.45, 2.75) is 0 Å². The molecule has 0 N–H and O–H groups in total. The topological polar surface area (TPSA) is 8.17 Å². The quantitative estimate of drug-likeness (QED) is 0.131. The molecule has 9 rings (SSSR count). The van der Waals surface area contributed by atoms with Crippen LogP contribution < -0.4 is 20.8 Å². The number of aromatic nitrogens is 1. The minimum atomic E-state index is -1.99. The first-order valence-electron chi connectivity index (χ1n) is 15.6. The van der Waals surface area contributed by atoms with Crippen LogP contribution in [0.25, 0.3) is 38.6 Å². The van der Waals surface area contributed by atoms with E-state index in [1.807, 2.05) is 0 Å². The Kier molecular flexibility index (Phi) is 6.47. The first-order valence-corrected chi connectivity index (χ1v) is 19.6. The molecule has 1 aromatic heterocycles. The van der Waals surface area contributed by atoms with Gasteiger partial charge in [0.15, 0.2) is 0 Å². The summed E-state index contributed by atoms with van der Waals surface area (Å²) in [6, 6.07) is 64.2. The molecule has 0 spiro atoms. The van der Waals surface area contributed by atoms with Crippen LogP contribution in [0.1, 0.15) is 0 Å². The fourth-order valence-corrected chi connectivity index (χ4v) is 12.0. The van der Waals surface area contributed by atoms with Crippen LogP contribution in [0.2, 0.25) is 0 Å². The van der Waals surface area contributed by atoms with Crippen molar-refractivity contribution in [2.24, 2.45) is 0 Å². The van der Waals surface area contributed by atoms with Crippen molar-refractivity contribution >= 4 is 75.4 Å². The van der Waals surface area contributed by atoms with Crippen molar-refractivity contribution in [3.63, 3.8) is 0 Å². The Balaban J connectivity index is 1.27. The molecule has 0 saturated heterocycles. The van der Waals surface area contributed by atoms with Gasteiger partial charge in [-0.1, -0.05) is 6.07 Å². The van der Waals surface area contributed by atoms with Crippen LogP contribution in [0.15, 0.2) is 176 Å². The summed E-state index contributed by atoms with van der Waals surface area (Å²) < 4.78 is 2.46. The van der Waals surface area contributed by atoms with Gasteiger partial charge in [0, 0.05) is 0 Å². The Hall–Kier alpha value is -4.91. The molecule has 4 heteroatoms. The molecule has 1 aliphatic rings. The van der Waals surface area contributed by atoms with Crippen LogP contribution in [0.5, 0.6) is 0 Å². The van der Waals surface area contributed by atoms with Crippen molar-refractivity contribution in [1.29, 1.82) is 0 Å². The van der Waals surface area contributed by atoms with Gasteiger partial charge >= 0.3 is 272 Å². The summed E-state index contributed by atoms with van der Waals surface area (Å²) in [5.41, 5.74) is 7.60. The molecular formula is C42H29N2PSe. The van der Waals surface area contributed by atoms with Crippen molar-refractivity contribution < 1.29 is 0 Å². The van der Waals surface area contributed by atoms with E-state index in [1.54, 1.807) is 0 Å². The molecule has 0 amide bonds. The van der Waals surface area contributed by atoms with Crippen molar-refractivity contribution in [2.75, 3.05) is 4.90 Å². The fourth-order valence-electron chi connectivity index (χ4n) is 7.09. The predicted molar refractivity (Wildman–Crippen MR) is 199 cm³/mol. The van der Waals surface area contributed by atoms with Gasteiger partial charge in [-0.2, -0.15) is 0 Å². The molecule has 0 aliphatic carbocycles. The molecule has 0 atom stereocenters. The van der Waals surface area contributed by atoms with E-state index in [9.17, 15) is 0 Å². The normalized spacial score (nSPS) is 12.4. The summed E-state index contributed by atoms with van der Waals surface area (Å²) in [6.07, 6.45) is 0. The van der Waals surface area contributed by atoms with Crippen LogP contribution in [0.4, 0.5) is 17.1 Å². The molecule has 0 saturated carbocycles. The SMILES string of the molecule is [Se]=P(c1ccccc1)(c1ccccc1)c1cccc(-c2ccc3c(c2)N(c2ccccc2)c2cccc4c5ccccc5n-3c24)c1. The van der Waals surface area contributed by atoms with Crippen molar-refractivity contribution in [3.8, 4) is 16.8 Å². The number of nitrogens with zero attached hydrogens (tertiary/aromatic N) is 2. The van der Waals surface area contributed by atoms with Gasteiger partial charge in [0.2, 0.25) is 0 Å². The fraction of sp³-hybridized carbons (Fsp3) is 0. The van der Waals surface area contributed by atoms with Crippen LogP contribution >= 0.6 is 5.51 Å². The van der Waals surface area contributed by atoms with E-state index in [-0.39, 0.29) is 0 Å². The minimum absolute atomic E-state index is 1.15. The molecule has 0 fully saturated rings. The van der Waals surface area contributed by atoms with Gasteiger partial charge in [-0.25, -0.2) is 0 Å². The molecule has 0 unspecified atom stereocenters. The van der Waals surface area contributed by atoms with Crippen LogP contribution in [0.3, 0.4) is 0 Å². The second kappa shape index (κ2) is 10.9. The Morgan fingerprint density at radius 2 is 1.00 bits per heavy atom. The zero-order valence-corrected chi connectivity index (χ0v) is 27.6. The Morgan fingerprint density at radius 3 is 1.74 bits per heavy atom. The van der Waals surface area contributed by atoms with Crippen molar-refractivity contribution in [3.05, 3.63) is 176 Å². The summed E-state index contributed by atoms with van der Waals surface area (Å²) in [6.45, 7) is 0. The molecule has 8 aromatic rings. The molecule has 0 bridgehead atoms. The second-order valence-corrected chi connectivity index (χ2v) is 17.9. The van der Waals surface area contributed by atoms with Gasteiger partial charge in [-0.3, -0.25) is 0 Å². The van der Waals surface area contributed by atoms with E-state index in [1.165, 1.54) is 65.9 Å². The molecule has 46 heavy (non-hydrogen) atoms. The number of hydrogen-bond acceptors (Lipinski definition) is 1. The number of rotatable bonds is 5. The summed E-state index contributed by atoms with van der Waals surface area (Å²) in [7, 11) is 0. The number of benzene rings is 7. The van der Waals surface area contributed by atoms with Gasteiger partial charge in [-0.15, -0.1) is 0 Å². The summed E-state index contributed by atoms with van der Waals surface area (Å²) in [4.78, 5) is 2.43. The number of fused-ring (bicyclic) bond motifs is 5. The molecule has 2 heterocycles.